The maximum atomic E-state index is 9.09. The number of nitrogens with zero attached hydrogens (tertiary/aromatic N) is 1. The molecule has 0 N–H and O–H groups in total. The summed E-state index contributed by atoms with van der Waals surface area (Å²) in [5, 5.41) is 9.09. The van der Waals surface area contributed by atoms with Gasteiger partial charge in [-0.25, -0.2) is 0 Å². The lowest BCUT2D eigenvalue weighted by atomic mass is 10.0. The number of allylic oxidation sites excluding steroid dienone is 1. The quantitative estimate of drug-likeness (QED) is 0.708. The summed E-state index contributed by atoms with van der Waals surface area (Å²) in [6.45, 7) is 2.02. The molecule has 2 aromatic rings. The van der Waals surface area contributed by atoms with Crippen LogP contribution < -0.4 is 0 Å². The third-order valence-corrected chi connectivity index (χ3v) is 2.31. The highest BCUT2D eigenvalue weighted by Crippen LogP contribution is 2.18. The molecule has 0 saturated heterocycles. The first-order valence-electron chi connectivity index (χ1n) is 5.02. The second-order valence-electron chi connectivity index (χ2n) is 3.55. The molecule has 0 aliphatic carbocycles. The number of rotatable bonds is 2. The van der Waals surface area contributed by atoms with Crippen LogP contribution in [0.2, 0.25) is 0 Å². The van der Waals surface area contributed by atoms with Crippen molar-refractivity contribution in [3.05, 3.63) is 59.5 Å². The zero-order valence-corrected chi connectivity index (χ0v) is 8.97. The molecular formula is C14H11NO. The Morgan fingerprint density at radius 1 is 1.25 bits per heavy atom. The van der Waals surface area contributed by atoms with Gasteiger partial charge in [-0.3, -0.25) is 0 Å². The Morgan fingerprint density at radius 2 is 2.00 bits per heavy atom. The molecule has 0 atom stereocenters. The molecule has 0 bridgehead atoms. The zero-order valence-electron chi connectivity index (χ0n) is 8.97. The van der Waals surface area contributed by atoms with Gasteiger partial charge in [0, 0.05) is 0 Å². The highest BCUT2D eigenvalue weighted by atomic mass is 16.3. The Kier molecular flexibility index (Phi) is 2.88. The van der Waals surface area contributed by atoms with E-state index in [9.17, 15) is 0 Å². The van der Waals surface area contributed by atoms with Crippen LogP contribution in [0.3, 0.4) is 0 Å². The summed E-state index contributed by atoms with van der Waals surface area (Å²) in [7, 11) is 0. The Labute approximate surface area is 94.4 Å². The predicted octanol–water partition coefficient (Wildman–Crippen LogP) is 3.65. The summed E-state index contributed by atoms with van der Waals surface area (Å²) >= 11 is 0. The van der Waals surface area contributed by atoms with E-state index in [1.165, 1.54) is 5.56 Å². The van der Waals surface area contributed by atoms with Gasteiger partial charge in [0.2, 0.25) is 0 Å². The van der Waals surface area contributed by atoms with Crippen molar-refractivity contribution >= 4 is 11.6 Å². The predicted molar refractivity (Wildman–Crippen MR) is 63.4 cm³/mol. The molecule has 0 spiro atoms. The number of benzene rings is 1. The largest absolute Gasteiger partial charge is 0.465 e. The van der Waals surface area contributed by atoms with Crippen molar-refractivity contribution in [2.45, 2.75) is 6.92 Å². The molecule has 0 fully saturated rings. The Bertz CT molecular complexity index is 527. The summed E-state index contributed by atoms with van der Waals surface area (Å²) in [6, 6.07) is 13.7. The SMILES string of the molecule is Cc1ccc(/C(C#N)=C\c2ccco2)cc1. The van der Waals surface area contributed by atoms with Gasteiger partial charge in [-0.05, 0) is 30.7 Å². The van der Waals surface area contributed by atoms with Crippen LogP contribution in [0.4, 0.5) is 0 Å². The molecule has 0 saturated carbocycles. The average molecular weight is 209 g/mol. The molecule has 2 rings (SSSR count). The maximum Gasteiger partial charge on any atom is 0.127 e. The van der Waals surface area contributed by atoms with Gasteiger partial charge in [0.15, 0.2) is 0 Å². The molecule has 1 heterocycles. The van der Waals surface area contributed by atoms with Crippen molar-refractivity contribution in [1.82, 2.24) is 0 Å². The van der Waals surface area contributed by atoms with Crippen LogP contribution in [0.5, 0.6) is 0 Å². The lowest BCUT2D eigenvalue weighted by molar-refractivity contribution is 0.557. The van der Waals surface area contributed by atoms with E-state index in [2.05, 4.69) is 6.07 Å². The van der Waals surface area contributed by atoms with E-state index < -0.39 is 0 Å². The van der Waals surface area contributed by atoms with E-state index in [4.69, 9.17) is 9.68 Å². The van der Waals surface area contributed by atoms with Crippen LogP contribution in [-0.2, 0) is 0 Å². The molecule has 78 valence electrons. The number of hydrogen-bond donors (Lipinski definition) is 0. The average Bonchev–Trinajstić information content (AvgIpc) is 2.80. The maximum absolute atomic E-state index is 9.09. The third-order valence-electron chi connectivity index (χ3n) is 2.31. The van der Waals surface area contributed by atoms with Gasteiger partial charge in [-0.2, -0.15) is 5.26 Å². The van der Waals surface area contributed by atoms with Gasteiger partial charge < -0.3 is 4.42 Å². The van der Waals surface area contributed by atoms with Crippen LogP contribution in [0.1, 0.15) is 16.9 Å². The van der Waals surface area contributed by atoms with Crippen molar-refractivity contribution in [2.75, 3.05) is 0 Å². The molecule has 0 aliphatic heterocycles. The Hall–Kier alpha value is -2.27. The second-order valence-corrected chi connectivity index (χ2v) is 3.55. The fraction of sp³-hybridized carbons (Fsp3) is 0.0714. The summed E-state index contributed by atoms with van der Waals surface area (Å²) in [5.41, 5.74) is 2.69. The van der Waals surface area contributed by atoms with Crippen molar-refractivity contribution < 1.29 is 4.42 Å². The van der Waals surface area contributed by atoms with Gasteiger partial charge >= 0.3 is 0 Å². The zero-order chi connectivity index (χ0) is 11.4. The molecule has 1 aromatic carbocycles. The molecule has 2 nitrogen and oxygen atoms in total. The van der Waals surface area contributed by atoms with E-state index in [1.807, 2.05) is 37.3 Å². The topological polar surface area (TPSA) is 36.9 Å². The van der Waals surface area contributed by atoms with Crippen molar-refractivity contribution in [3.8, 4) is 6.07 Å². The number of aryl methyl sites for hydroxylation is 1. The Morgan fingerprint density at radius 3 is 2.56 bits per heavy atom. The van der Waals surface area contributed by atoms with Crippen LogP contribution in [0.15, 0.2) is 47.1 Å². The minimum Gasteiger partial charge on any atom is -0.465 e. The number of hydrogen-bond acceptors (Lipinski definition) is 2. The number of nitriles is 1. The fourth-order valence-corrected chi connectivity index (χ4v) is 1.43. The molecule has 0 aliphatic rings. The van der Waals surface area contributed by atoms with Crippen LogP contribution in [-0.4, -0.2) is 0 Å². The van der Waals surface area contributed by atoms with Crippen LogP contribution >= 0.6 is 0 Å². The minimum atomic E-state index is 0.606. The molecule has 0 radical (unpaired) electrons. The fourth-order valence-electron chi connectivity index (χ4n) is 1.43. The van der Waals surface area contributed by atoms with Crippen molar-refractivity contribution in [2.24, 2.45) is 0 Å². The van der Waals surface area contributed by atoms with Crippen LogP contribution in [0, 0.1) is 18.3 Å². The van der Waals surface area contributed by atoms with Gasteiger partial charge in [0.1, 0.15) is 5.76 Å². The van der Waals surface area contributed by atoms with Crippen molar-refractivity contribution in [1.29, 1.82) is 5.26 Å². The second kappa shape index (κ2) is 4.50. The van der Waals surface area contributed by atoms with E-state index >= 15 is 0 Å². The molecule has 0 unspecified atom stereocenters. The highest BCUT2D eigenvalue weighted by molar-refractivity contribution is 5.88. The molecule has 0 amide bonds. The first-order valence-corrected chi connectivity index (χ1v) is 5.02. The molecular weight excluding hydrogens is 198 g/mol. The molecule has 16 heavy (non-hydrogen) atoms. The first-order chi connectivity index (χ1) is 7.79. The highest BCUT2D eigenvalue weighted by Gasteiger charge is 2.01. The minimum absolute atomic E-state index is 0.606. The summed E-state index contributed by atoms with van der Waals surface area (Å²) in [4.78, 5) is 0. The van der Waals surface area contributed by atoms with E-state index in [1.54, 1.807) is 18.4 Å². The third kappa shape index (κ3) is 2.21. The van der Waals surface area contributed by atoms with E-state index in [0.29, 0.717) is 11.3 Å². The monoisotopic (exact) mass is 209 g/mol. The summed E-state index contributed by atoms with van der Waals surface area (Å²) in [6.07, 6.45) is 3.33. The van der Waals surface area contributed by atoms with Crippen LogP contribution in [0.25, 0.3) is 11.6 Å². The lowest BCUT2D eigenvalue weighted by Gasteiger charge is -1.98. The van der Waals surface area contributed by atoms with E-state index in [-0.39, 0.29) is 0 Å². The lowest BCUT2D eigenvalue weighted by Crippen LogP contribution is -1.81. The van der Waals surface area contributed by atoms with Gasteiger partial charge in [0.05, 0.1) is 17.9 Å². The molecule has 2 heteroatoms. The normalized spacial score (nSPS) is 11.1. The van der Waals surface area contributed by atoms with Gasteiger partial charge in [-0.15, -0.1) is 0 Å². The van der Waals surface area contributed by atoms with Crippen molar-refractivity contribution in [3.63, 3.8) is 0 Å². The molecule has 1 aromatic heterocycles. The Balaban J connectivity index is 2.37. The first kappa shape index (κ1) is 10.3. The summed E-state index contributed by atoms with van der Waals surface area (Å²) < 4.78 is 5.18. The smallest absolute Gasteiger partial charge is 0.127 e. The van der Waals surface area contributed by atoms with Gasteiger partial charge in [-0.1, -0.05) is 29.8 Å². The number of furan rings is 1. The van der Waals surface area contributed by atoms with Gasteiger partial charge in [0.25, 0.3) is 0 Å². The standard InChI is InChI=1S/C14H11NO/c1-11-4-6-12(7-5-11)13(10-15)9-14-3-2-8-16-14/h2-9H,1H3/b13-9-. The summed E-state index contributed by atoms with van der Waals surface area (Å²) in [5.74, 6) is 0.692. The van der Waals surface area contributed by atoms with E-state index in [0.717, 1.165) is 5.56 Å².